The van der Waals surface area contributed by atoms with Crippen molar-refractivity contribution >= 4 is 29.4 Å². The van der Waals surface area contributed by atoms with Crippen LogP contribution in [0.3, 0.4) is 0 Å². The number of carbonyl (C=O) groups excluding carboxylic acids is 3. The van der Waals surface area contributed by atoms with Crippen LogP contribution in [0.1, 0.15) is 29.6 Å². The Hall–Kier alpha value is -2.12. The molecular formula is C17H21ClN2O5. The van der Waals surface area contributed by atoms with Crippen molar-refractivity contribution in [3.63, 3.8) is 0 Å². The summed E-state index contributed by atoms with van der Waals surface area (Å²) >= 11 is 5.75. The second-order valence-electron chi connectivity index (χ2n) is 5.61. The molecule has 2 rings (SSSR count). The third-order valence-corrected chi connectivity index (χ3v) is 3.89. The van der Waals surface area contributed by atoms with Crippen LogP contribution in [0.5, 0.6) is 0 Å². The average molecular weight is 369 g/mol. The van der Waals surface area contributed by atoms with E-state index in [1.165, 1.54) is 0 Å². The molecule has 1 saturated heterocycles. The molecule has 0 aromatic heterocycles. The predicted molar refractivity (Wildman–Crippen MR) is 91.3 cm³/mol. The average Bonchev–Trinajstić information content (AvgIpc) is 3.12. The van der Waals surface area contributed by atoms with Gasteiger partial charge in [-0.3, -0.25) is 14.4 Å². The quantitative estimate of drug-likeness (QED) is 0.674. The van der Waals surface area contributed by atoms with Gasteiger partial charge in [0, 0.05) is 30.3 Å². The van der Waals surface area contributed by atoms with E-state index < -0.39 is 5.97 Å². The second-order valence-corrected chi connectivity index (χ2v) is 6.05. The fourth-order valence-corrected chi connectivity index (χ4v) is 2.41. The zero-order valence-electron chi connectivity index (χ0n) is 13.8. The Bertz CT molecular complexity index is 600. The summed E-state index contributed by atoms with van der Waals surface area (Å²) < 4.78 is 10.2. The van der Waals surface area contributed by atoms with Gasteiger partial charge in [0.1, 0.15) is 0 Å². The minimum Gasteiger partial charge on any atom is -0.456 e. The van der Waals surface area contributed by atoms with Crippen LogP contribution in [0.2, 0.25) is 5.02 Å². The lowest BCUT2D eigenvalue weighted by Gasteiger charge is -2.11. The number of carbonyl (C=O) groups is 3. The van der Waals surface area contributed by atoms with E-state index in [2.05, 4.69) is 10.6 Å². The number of nitrogens with one attached hydrogen (secondary N) is 2. The standard InChI is InChI=1S/C17H21ClN2O5/c18-13-5-3-12(4-6-13)17(23)19-8-7-16(22)25-11-15(21)20-10-14-2-1-9-24-14/h3-6,14H,1-2,7-11H2,(H,19,23)(H,20,21)/t14-/m1/s1. The minimum atomic E-state index is -0.552. The third kappa shape index (κ3) is 7.11. The Morgan fingerprint density at radius 2 is 1.96 bits per heavy atom. The number of ether oxygens (including phenoxy) is 2. The molecule has 1 fully saturated rings. The first-order valence-electron chi connectivity index (χ1n) is 8.12. The van der Waals surface area contributed by atoms with Crippen LogP contribution in [0.15, 0.2) is 24.3 Å². The molecule has 0 aliphatic carbocycles. The van der Waals surface area contributed by atoms with Gasteiger partial charge in [-0.25, -0.2) is 0 Å². The van der Waals surface area contributed by atoms with Gasteiger partial charge in [0.05, 0.1) is 12.5 Å². The van der Waals surface area contributed by atoms with E-state index in [9.17, 15) is 14.4 Å². The number of esters is 1. The molecule has 0 bridgehead atoms. The lowest BCUT2D eigenvalue weighted by molar-refractivity contribution is -0.148. The summed E-state index contributed by atoms with van der Waals surface area (Å²) in [5, 5.41) is 5.80. The summed E-state index contributed by atoms with van der Waals surface area (Å²) in [6, 6.07) is 6.41. The summed E-state index contributed by atoms with van der Waals surface area (Å²) in [5.41, 5.74) is 0.450. The number of hydrogen-bond acceptors (Lipinski definition) is 5. The van der Waals surface area contributed by atoms with Gasteiger partial charge in [0.2, 0.25) is 0 Å². The molecule has 1 aliphatic rings. The number of hydrogen-bond donors (Lipinski definition) is 2. The minimum absolute atomic E-state index is 0.0155. The van der Waals surface area contributed by atoms with E-state index >= 15 is 0 Å². The smallest absolute Gasteiger partial charge is 0.308 e. The van der Waals surface area contributed by atoms with Crippen molar-refractivity contribution in [2.24, 2.45) is 0 Å². The monoisotopic (exact) mass is 368 g/mol. The molecule has 2 N–H and O–H groups in total. The molecule has 0 radical (unpaired) electrons. The molecule has 1 aliphatic heterocycles. The molecule has 8 heteroatoms. The maximum absolute atomic E-state index is 11.8. The van der Waals surface area contributed by atoms with Gasteiger partial charge in [-0.2, -0.15) is 0 Å². The van der Waals surface area contributed by atoms with Crippen molar-refractivity contribution in [1.29, 1.82) is 0 Å². The molecule has 7 nitrogen and oxygen atoms in total. The highest BCUT2D eigenvalue weighted by atomic mass is 35.5. The maximum atomic E-state index is 11.8. The summed E-state index contributed by atoms with van der Waals surface area (Å²) in [6.07, 6.45) is 1.95. The highest BCUT2D eigenvalue weighted by Crippen LogP contribution is 2.10. The van der Waals surface area contributed by atoms with E-state index in [-0.39, 0.29) is 37.5 Å². The molecule has 0 spiro atoms. The van der Waals surface area contributed by atoms with Crippen molar-refractivity contribution in [1.82, 2.24) is 10.6 Å². The van der Waals surface area contributed by atoms with Crippen LogP contribution in [-0.2, 0) is 19.1 Å². The molecule has 0 saturated carbocycles. The third-order valence-electron chi connectivity index (χ3n) is 3.64. The molecule has 1 atom stereocenters. The second kappa shape index (κ2) is 10.0. The van der Waals surface area contributed by atoms with E-state index in [4.69, 9.17) is 21.1 Å². The fraction of sp³-hybridized carbons (Fsp3) is 0.471. The van der Waals surface area contributed by atoms with Gasteiger partial charge in [-0.1, -0.05) is 11.6 Å². The van der Waals surface area contributed by atoms with Gasteiger partial charge in [-0.15, -0.1) is 0 Å². The summed E-state index contributed by atoms with van der Waals surface area (Å²) in [7, 11) is 0. The first-order chi connectivity index (χ1) is 12.0. The molecule has 2 amide bonds. The van der Waals surface area contributed by atoms with E-state index in [0.717, 1.165) is 19.4 Å². The largest absolute Gasteiger partial charge is 0.456 e. The van der Waals surface area contributed by atoms with E-state index in [0.29, 0.717) is 17.1 Å². The Morgan fingerprint density at radius 1 is 1.20 bits per heavy atom. The van der Waals surface area contributed by atoms with Crippen LogP contribution in [-0.4, -0.2) is 50.2 Å². The summed E-state index contributed by atoms with van der Waals surface area (Å²) in [5.74, 6) is -1.23. The first kappa shape index (κ1) is 19.2. The van der Waals surface area contributed by atoms with Crippen LogP contribution in [0, 0.1) is 0 Å². The van der Waals surface area contributed by atoms with Crippen molar-refractivity contribution in [2.75, 3.05) is 26.3 Å². The molecule has 1 aromatic rings. The molecule has 1 heterocycles. The molecule has 0 unspecified atom stereocenters. The van der Waals surface area contributed by atoms with Crippen molar-refractivity contribution in [3.05, 3.63) is 34.9 Å². The van der Waals surface area contributed by atoms with Crippen LogP contribution in [0.4, 0.5) is 0 Å². The van der Waals surface area contributed by atoms with Crippen LogP contribution < -0.4 is 10.6 Å². The van der Waals surface area contributed by atoms with Crippen molar-refractivity contribution < 1.29 is 23.9 Å². The zero-order valence-corrected chi connectivity index (χ0v) is 14.5. The van der Waals surface area contributed by atoms with Crippen molar-refractivity contribution in [3.8, 4) is 0 Å². The van der Waals surface area contributed by atoms with Gasteiger partial charge in [0.25, 0.3) is 11.8 Å². The van der Waals surface area contributed by atoms with E-state index in [1.54, 1.807) is 24.3 Å². The Kier molecular flexibility index (Phi) is 7.69. The normalized spacial score (nSPS) is 16.3. The first-order valence-corrected chi connectivity index (χ1v) is 8.50. The molecule has 25 heavy (non-hydrogen) atoms. The lowest BCUT2D eigenvalue weighted by Crippen LogP contribution is -2.35. The van der Waals surface area contributed by atoms with Crippen LogP contribution >= 0.6 is 11.6 Å². The summed E-state index contributed by atoms with van der Waals surface area (Å²) in [6.45, 7) is 0.930. The Balaban J connectivity index is 1.56. The SMILES string of the molecule is O=C(COC(=O)CCNC(=O)c1ccc(Cl)cc1)NC[C@H]1CCCO1. The number of amides is 2. The maximum Gasteiger partial charge on any atom is 0.308 e. The number of rotatable bonds is 8. The van der Waals surface area contributed by atoms with E-state index in [1.807, 2.05) is 0 Å². The van der Waals surface area contributed by atoms with Crippen molar-refractivity contribution in [2.45, 2.75) is 25.4 Å². The van der Waals surface area contributed by atoms with Gasteiger partial charge in [0.15, 0.2) is 6.61 Å². The van der Waals surface area contributed by atoms with Gasteiger partial charge < -0.3 is 20.1 Å². The predicted octanol–water partition coefficient (Wildman–Crippen LogP) is 1.30. The molecular weight excluding hydrogens is 348 g/mol. The van der Waals surface area contributed by atoms with Gasteiger partial charge >= 0.3 is 5.97 Å². The molecule has 1 aromatic carbocycles. The summed E-state index contributed by atoms with van der Waals surface area (Å²) in [4.78, 5) is 35.0. The van der Waals surface area contributed by atoms with Gasteiger partial charge in [-0.05, 0) is 37.1 Å². The Labute approximate surface area is 151 Å². The fourth-order valence-electron chi connectivity index (χ4n) is 2.28. The zero-order chi connectivity index (χ0) is 18.1. The number of halogens is 1. The molecule has 136 valence electrons. The lowest BCUT2D eigenvalue weighted by atomic mass is 10.2. The number of benzene rings is 1. The Morgan fingerprint density at radius 3 is 2.64 bits per heavy atom. The topological polar surface area (TPSA) is 93.7 Å². The highest BCUT2D eigenvalue weighted by molar-refractivity contribution is 6.30. The van der Waals surface area contributed by atoms with Crippen LogP contribution in [0.25, 0.3) is 0 Å². The highest BCUT2D eigenvalue weighted by Gasteiger charge is 2.16.